The number of fused-ring (bicyclic) bond motifs is 1. The molecule has 3 N–H and O–H groups in total. The van der Waals surface area contributed by atoms with E-state index in [1.165, 1.54) is 12.8 Å². The molecule has 1 aliphatic carbocycles. The quantitative estimate of drug-likeness (QED) is 0.752. The summed E-state index contributed by atoms with van der Waals surface area (Å²) in [5, 5.41) is 2.34. The molecule has 3 amide bonds. The van der Waals surface area contributed by atoms with E-state index >= 15 is 0 Å². The van der Waals surface area contributed by atoms with E-state index in [0.717, 1.165) is 30.8 Å². The van der Waals surface area contributed by atoms with E-state index in [4.69, 9.17) is 5.73 Å². The Morgan fingerprint density at radius 2 is 2.04 bits per heavy atom. The number of rotatable bonds is 3. The molecule has 0 radical (unpaired) electrons. The Bertz CT molecular complexity index is 848. The second-order valence-corrected chi connectivity index (χ2v) is 8.53. The average Bonchev–Trinajstić information content (AvgIpc) is 3.25. The molecule has 7 nitrogen and oxygen atoms in total. The van der Waals surface area contributed by atoms with Crippen molar-refractivity contribution < 1.29 is 14.4 Å². The summed E-state index contributed by atoms with van der Waals surface area (Å²) in [6.45, 7) is 3.18. The van der Waals surface area contributed by atoms with E-state index in [2.05, 4.69) is 16.3 Å². The lowest BCUT2D eigenvalue weighted by Gasteiger charge is -2.29. The summed E-state index contributed by atoms with van der Waals surface area (Å²) < 4.78 is 0. The van der Waals surface area contributed by atoms with Gasteiger partial charge in [-0.15, -0.1) is 0 Å². The lowest BCUT2D eigenvalue weighted by Crippen LogP contribution is -2.52. The van der Waals surface area contributed by atoms with Gasteiger partial charge >= 0.3 is 0 Å². The highest BCUT2D eigenvalue weighted by Crippen LogP contribution is 2.52. The van der Waals surface area contributed by atoms with Crippen LogP contribution in [0.4, 0.5) is 0 Å². The molecule has 4 aliphatic rings. The number of carbonyl (C=O) groups excluding carboxylic acids is 3. The zero-order valence-electron chi connectivity index (χ0n) is 15.2. The summed E-state index contributed by atoms with van der Waals surface area (Å²) in [6, 6.07) is 5.74. The number of carbonyl (C=O) groups is 3. The van der Waals surface area contributed by atoms with Gasteiger partial charge in [-0.2, -0.15) is 0 Å². The maximum Gasteiger partial charge on any atom is 0.255 e. The highest BCUT2D eigenvalue weighted by molar-refractivity contribution is 6.05. The molecule has 27 heavy (non-hydrogen) atoms. The van der Waals surface area contributed by atoms with Crippen LogP contribution >= 0.6 is 0 Å². The Kier molecular flexibility index (Phi) is 3.67. The molecule has 1 aromatic rings. The van der Waals surface area contributed by atoms with Crippen molar-refractivity contribution in [2.45, 2.75) is 50.9 Å². The number of imide groups is 1. The van der Waals surface area contributed by atoms with Gasteiger partial charge in [0.15, 0.2) is 0 Å². The zero-order chi connectivity index (χ0) is 18.8. The Hall–Kier alpha value is -2.25. The van der Waals surface area contributed by atoms with Crippen LogP contribution in [0, 0.1) is 5.41 Å². The predicted molar refractivity (Wildman–Crippen MR) is 97.4 cm³/mol. The molecular weight excluding hydrogens is 344 g/mol. The summed E-state index contributed by atoms with van der Waals surface area (Å²) in [7, 11) is 0. The van der Waals surface area contributed by atoms with Crippen LogP contribution in [0.3, 0.4) is 0 Å². The number of nitrogens with one attached hydrogen (secondary N) is 1. The number of nitrogens with two attached hydrogens (primary N) is 1. The lowest BCUT2D eigenvalue weighted by molar-refractivity contribution is -0.136. The van der Waals surface area contributed by atoms with Gasteiger partial charge in [-0.1, -0.05) is 12.1 Å². The molecule has 142 valence electrons. The Morgan fingerprint density at radius 1 is 1.22 bits per heavy atom. The highest BCUT2D eigenvalue weighted by Gasteiger charge is 2.53. The molecular formula is C20H24N4O3. The lowest BCUT2D eigenvalue weighted by atomic mass is 10.0. The second kappa shape index (κ2) is 5.87. The highest BCUT2D eigenvalue weighted by atomic mass is 16.2. The molecule has 0 bridgehead atoms. The van der Waals surface area contributed by atoms with E-state index in [1.807, 2.05) is 12.1 Å². The van der Waals surface area contributed by atoms with Crippen molar-refractivity contribution >= 4 is 17.7 Å². The summed E-state index contributed by atoms with van der Waals surface area (Å²) in [6.07, 6.45) is 3.13. The number of piperidine rings is 1. The molecule has 2 saturated heterocycles. The molecule has 1 saturated carbocycles. The number of likely N-dealkylation sites (tertiary alicyclic amines) is 1. The van der Waals surface area contributed by atoms with Crippen molar-refractivity contribution in [1.82, 2.24) is 15.1 Å². The van der Waals surface area contributed by atoms with Gasteiger partial charge in [0.05, 0.1) is 0 Å². The van der Waals surface area contributed by atoms with E-state index in [-0.39, 0.29) is 30.2 Å². The van der Waals surface area contributed by atoms with Crippen LogP contribution in [-0.2, 0) is 22.7 Å². The molecule has 0 aromatic heterocycles. The largest absolute Gasteiger partial charge is 0.326 e. The third kappa shape index (κ3) is 2.76. The summed E-state index contributed by atoms with van der Waals surface area (Å²) in [5.41, 5.74) is 9.37. The normalized spacial score (nSPS) is 29.4. The molecule has 7 heteroatoms. The van der Waals surface area contributed by atoms with Gasteiger partial charge in [0, 0.05) is 44.2 Å². The maximum absolute atomic E-state index is 12.9. The summed E-state index contributed by atoms with van der Waals surface area (Å²) in [5.74, 6) is -0.744. The van der Waals surface area contributed by atoms with E-state index in [0.29, 0.717) is 23.9 Å². The topological polar surface area (TPSA) is 95.7 Å². The maximum atomic E-state index is 12.9. The van der Waals surface area contributed by atoms with Gasteiger partial charge < -0.3 is 10.6 Å². The molecule has 2 atom stereocenters. The fourth-order valence-corrected chi connectivity index (χ4v) is 4.87. The first-order valence-electron chi connectivity index (χ1n) is 9.70. The van der Waals surface area contributed by atoms with Crippen LogP contribution in [0.25, 0.3) is 0 Å². The van der Waals surface area contributed by atoms with Gasteiger partial charge in [-0.05, 0) is 41.9 Å². The van der Waals surface area contributed by atoms with Crippen molar-refractivity contribution in [3.63, 3.8) is 0 Å². The zero-order valence-corrected chi connectivity index (χ0v) is 15.2. The summed E-state index contributed by atoms with van der Waals surface area (Å²) >= 11 is 0. The SMILES string of the molecule is NC1CN(Cc2ccc3c(c2)C(=O)N(C2CCC(=O)NC2=O)C3)CC12CC2. The molecule has 1 aromatic carbocycles. The predicted octanol–water partition coefficient (Wildman–Crippen LogP) is 0.371. The average molecular weight is 368 g/mol. The van der Waals surface area contributed by atoms with Crippen LogP contribution < -0.4 is 11.1 Å². The number of benzene rings is 1. The van der Waals surface area contributed by atoms with Crippen molar-refractivity contribution in [3.8, 4) is 0 Å². The fourth-order valence-electron chi connectivity index (χ4n) is 4.87. The van der Waals surface area contributed by atoms with Crippen LogP contribution in [0.15, 0.2) is 18.2 Å². The van der Waals surface area contributed by atoms with E-state index < -0.39 is 6.04 Å². The molecule has 3 aliphatic heterocycles. The van der Waals surface area contributed by atoms with Crippen molar-refractivity contribution in [1.29, 1.82) is 0 Å². The minimum absolute atomic E-state index is 0.113. The minimum Gasteiger partial charge on any atom is -0.326 e. The molecule has 1 spiro atoms. The third-order valence-electron chi connectivity index (χ3n) is 6.67. The van der Waals surface area contributed by atoms with Crippen LogP contribution in [-0.4, -0.2) is 52.7 Å². The van der Waals surface area contributed by atoms with Crippen molar-refractivity contribution in [3.05, 3.63) is 34.9 Å². The monoisotopic (exact) mass is 368 g/mol. The number of hydrogen-bond acceptors (Lipinski definition) is 5. The first-order chi connectivity index (χ1) is 12.9. The van der Waals surface area contributed by atoms with E-state index in [1.54, 1.807) is 4.90 Å². The van der Waals surface area contributed by atoms with Crippen LogP contribution in [0.1, 0.15) is 47.2 Å². The number of hydrogen-bond donors (Lipinski definition) is 2. The van der Waals surface area contributed by atoms with Crippen molar-refractivity contribution in [2.24, 2.45) is 11.1 Å². The van der Waals surface area contributed by atoms with Gasteiger partial charge in [0.1, 0.15) is 6.04 Å². The Morgan fingerprint density at radius 3 is 2.74 bits per heavy atom. The Balaban J connectivity index is 1.31. The minimum atomic E-state index is -0.558. The first kappa shape index (κ1) is 16.9. The molecule has 2 unspecified atom stereocenters. The molecule has 5 rings (SSSR count). The molecule has 3 heterocycles. The van der Waals surface area contributed by atoms with Gasteiger partial charge in [-0.3, -0.25) is 24.6 Å². The first-order valence-corrected chi connectivity index (χ1v) is 9.70. The van der Waals surface area contributed by atoms with Crippen LogP contribution in [0.5, 0.6) is 0 Å². The van der Waals surface area contributed by atoms with E-state index in [9.17, 15) is 14.4 Å². The van der Waals surface area contributed by atoms with Gasteiger partial charge in [0.2, 0.25) is 11.8 Å². The standard InChI is InChI=1S/C20H24N4O3/c21-16-10-23(11-20(16)5-6-20)8-12-1-2-13-9-24(19(27)14(13)7-12)15-3-4-17(25)22-18(15)26/h1-2,7,15-16H,3-6,8-11,21H2,(H,22,25,26). The summed E-state index contributed by atoms with van der Waals surface area (Å²) in [4.78, 5) is 40.4. The van der Waals surface area contributed by atoms with Crippen LogP contribution in [0.2, 0.25) is 0 Å². The fraction of sp³-hybridized carbons (Fsp3) is 0.550. The van der Waals surface area contributed by atoms with Gasteiger partial charge in [-0.25, -0.2) is 0 Å². The molecule has 3 fully saturated rings. The third-order valence-corrected chi connectivity index (χ3v) is 6.67. The number of amides is 3. The number of nitrogens with zero attached hydrogens (tertiary/aromatic N) is 2. The smallest absolute Gasteiger partial charge is 0.255 e. The Labute approximate surface area is 157 Å². The van der Waals surface area contributed by atoms with Gasteiger partial charge in [0.25, 0.3) is 5.91 Å². The second-order valence-electron chi connectivity index (χ2n) is 8.53. The van der Waals surface area contributed by atoms with Crippen molar-refractivity contribution in [2.75, 3.05) is 13.1 Å².